The van der Waals surface area contributed by atoms with E-state index in [1.807, 2.05) is 37.5 Å². The van der Waals surface area contributed by atoms with E-state index >= 15 is 0 Å². The predicted molar refractivity (Wildman–Crippen MR) is 86.1 cm³/mol. The first-order chi connectivity index (χ1) is 9.74. The number of hydrogen-bond acceptors (Lipinski definition) is 3. The molecule has 1 aromatic carbocycles. The molecule has 0 saturated heterocycles. The van der Waals surface area contributed by atoms with E-state index in [0.29, 0.717) is 5.82 Å². The number of nitrogens with one attached hydrogen (secondary N) is 1. The molecule has 0 fully saturated rings. The third-order valence-corrected chi connectivity index (χ3v) is 3.51. The van der Waals surface area contributed by atoms with Crippen LogP contribution in [0.4, 0.5) is 5.82 Å². The van der Waals surface area contributed by atoms with E-state index in [2.05, 4.69) is 54.3 Å². The summed E-state index contributed by atoms with van der Waals surface area (Å²) in [5.41, 5.74) is 5.19. The van der Waals surface area contributed by atoms with Gasteiger partial charge in [-0.2, -0.15) is 5.10 Å². The first kappa shape index (κ1) is 12.9. The van der Waals surface area contributed by atoms with Crippen molar-refractivity contribution in [3.05, 3.63) is 58.8 Å². The Balaban J connectivity index is 1.82. The van der Waals surface area contributed by atoms with Gasteiger partial charge in [-0.25, -0.2) is 4.98 Å². The van der Waals surface area contributed by atoms with Crippen molar-refractivity contribution in [1.82, 2.24) is 9.55 Å². The molecular formula is C15H13BrN4. The minimum atomic E-state index is 0.713. The van der Waals surface area contributed by atoms with Crippen LogP contribution in [-0.2, 0) is 7.05 Å². The average Bonchev–Trinajstić information content (AvgIpc) is 2.79. The molecule has 4 nitrogen and oxygen atoms in total. The van der Waals surface area contributed by atoms with Crippen molar-refractivity contribution in [3.8, 4) is 0 Å². The zero-order valence-corrected chi connectivity index (χ0v) is 12.5. The molecule has 0 aliphatic heterocycles. The predicted octanol–water partition coefficient (Wildman–Crippen LogP) is 3.78. The third kappa shape index (κ3) is 2.58. The van der Waals surface area contributed by atoms with Gasteiger partial charge in [0, 0.05) is 40.4 Å². The highest BCUT2D eigenvalue weighted by Gasteiger charge is 2.02. The average molecular weight is 329 g/mol. The van der Waals surface area contributed by atoms with Crippen LogP contribution in [0.5, 0.6) is 0 Å². The van der Waals surface area contributed by atoms with E-state index in [1.165, 1.54) is 10.9 Å². The summed E-state index contributed by atoms with van der Waals surface area (Å²) in [7, 11) is 2.03. The highest BCUT2D eigenvalue weighted by atomic mass is 79.9. The number of fused-ring (bicyclic) bond motifs is 1. The molecule has 0 atom stereocenters. The van der Waals surface area contributed by atoms with Gasteiger partial charge in [-0.3, -0.25) is 5.43 Å². The molecule has 5 heteroatoms. The third-order valence-electron chi connectivity index (χ3n) is 3.04. The maximum atomic E-state index is 4.24. The Hall–Kier alpha value is -2.14. The molecule has 0 spiro atoms. The van der Waals surface area contributed by atoms with Gasteiger partial charge >= 0.3 is 0 Å². The Morgan fingerprint density at radius 2 is 2.10 bits per heavy atom. The molecule has 0 aliphatic rings. The highest BCUT2D eigenvalue weighted by molar-refractivity contribution is 9.10. The van der Waals surface area contributed by atoms with Crippen LogP contribution < -0.4 is 5.43 Å². The van der Waals surface area contributed by atoms with Gasteiger partial charge in [0.1, 0.15) is 5.82 Å². The van der Waals surface area contributed by atoms with Crippen molar-refractivity contribution < 1.29 is 0 Å². The van der Waals surface area contributed by atoms with Gasteiger partial charge in [-0.05, 0) is 34.1 Å². The van der Waals surface area contributed by atoms with E-state index < -0.39 is 0 Å². The smallest absolute Gasteiger partial charge is 0.146 e. The summed E-state index contributed by atoms with van der Waals surface area (Å²) in [5, 5.41) is 5.42. The summed E-state index contributed by atoms with van der Waals surface area (Å²) in [5.74, 6) is 0.713. The molecule has 0 radical (unpaired) electrons. The molecular weight excluding hydrogens is 316 g/mol. The quantitative estimate of drug-likeness (QED) is 0.587. The number of nitrogens with zero attached hydrogens (tertiary/aromatic N) is 3. The van der Waals surface area contributed by atoms with Crippen LogP contribution in [0, 0.1) is 0 Å². The van der Waals surface area contributed by atoms with Gasteiger partial charge < -0.3 is 4.57 Å². The topological polar surface area (TPSA) is 42.2 Å². The van der Waals surface area contributed by atoms with E-state index in [4.69, 9.17) is 0 Å². The Morgan fingerprint density at radius 1 is 1.25 bits per heavy atom. The summed E-state index contributed by atoms with van der Waals surface area (Å²) in [6.45, 7) is 0. The number of aryl methyl sites for hydroxylation is 1. The molecule has 100 valence electrons. The van der Waals surface area contributed by atoms with Gasteiger partial charge in [0.25, 0.3) is 0 Å². The number of benzene rings is 1. The molecule has 3 aromatic rings. The fourth-order valence-electron chi connectivity index (χ4n) is 2.09. The second kappa shape index (κ2) is 5.46. The number of pyridine rings is 1. The summed E-state index contributed by atoms with van der Waals surface area (Å²) in [6.07, 6.45) is 5.60. The molecule has 1 N–H and O–H groups in total. The van der Waals surface area contributed by atoms with Crippen LogP contribution in [0.15, 0.2) is 58.4 Å². The molecule has 2 heterocycles. The van der Waals surface area contributed by atoms with Crippen molar-refractivity contribution in [2.75, 3.05) is 5.43 Å². The molecule has 0 aliphatic carbocycles. The number of hydrazone groups is 1. The van der Waals surface area contributed by atoms with Crippen LogP contribution in [0.3, 0.4) is 0 Å². The molecule has 0 bridgehead atoms. The molecule has 0 unspecified atom stereocenters. The number of rotatable bonds is 3. The lowest BCUT2D eigenvalue weighted by Gasteiger charge is -1.98. The number of halogens is 1. The normalized spacial score (nSPS) is 11.3. The maximum absolute atomic E-state index is 4.24. The van der Waals surface area contributed by atoms with Crippen molar-refractivity contribution >= 4 is 38.9 Å². The van der Waals surface area contributed by atoms with Gasteiger partial charge in [0.15, 0.2) is 0 Å². The van der Waals surface area contributed by atoms with E-state index in [-0.39, 0.29) is 0 Å². The molecule has 0 amide bonds. The number of hydrogen-bond donors (Lipinski definition) is 1. The first-order valence-electron chi connectivity index (χ1n) is 6.19. The highest BCUT2D eigenvalue weighted by Crippen LogP contribution is 2.18. The fourth-order valence-corrected chi connectivity index (χ4v) is 2.32. The van der Waals surface area contributed by atoms with Gasteiger partial charge in [-0.15, -0.1) is 0 Å². The lowest BCUT2D eigenvalue weighted by Crippen LogP contribution is -1.92. The molecule has 20 heavy (non-hydrogen) atoms. The Labute approximate surface area is 125 Å². The van der Waals surface area contributed by atoms with E-state index in [9.17, 15) is 0 Å². The molecule has 2 aromatic heterocycles. The summed E-state index contributed by atoms with van der Waals surface area (Å²) in [6, 6.07) is 12.0. The maximum Gasteiger partial charge on any atom is 0.146 e. The molecule has 0 saturated carbocycles. The Morgan fingerprint density at radius 3 is 2.90 bits per heavy atom. The van der Waals surface area contributed by atoms with Gasteiger partial charge in [-0.1, -0.05) is 18.2 Å². The Bertz CT molecular complexity index is 759. The number of anilines is 1. The van der Waals surface area contributed by atoms with Crippen LogP contribution in [0.1, 0.15) is 5.56 Å². The lowest BCUT2D eigenvalue weighted by molar-refractivity contribution is 0.968. The number of para-hydroxylation sites is 1. The zero-order chi connectivity index (χ0) is 13.9. The number of aromatic nitrogens is 2. The van der Waals surface area contributed by atoms with Crippen LogP contribution in [0.2, 0.25) is 0 Å². The molecule has 3 rings (SSSR count). The summed E-state index contributed by atoms with van der Waals surface area (Å²) >= 11 is 3.35. The summed E-state index contributed by atoms with van der Waals surface area (Å²) in [4.78, 5) is 4.20. The zero-order valence-electron chi connectivity index (χ0n) is 10.9. The van der Waals surface area contributed by atoms with E-state index in [1.54, 1.807) is 6.20 Å². The van der Waals surface area contributed by atoms with E-state index in [0.717, 1.165) is 10.0 Å². The van der Waals surface area contributed by atoms with Crippen LogP contribution >= 0.6 is 15.9 Å². The van der Waals surface area contributed by atoms with Gasteiger partial charge in [0.05, 0.1) is 6.21 Å². The van der Waals surface area contributed by atoms with Crippen molar-refractivity contribution in [1.29, 1.82) is 0 Å². The second-order valence-electron chi connectivity index (χ2n) is 4.44. The lowest BCUT2D eigenvalue weighted by atomic mass is 10.2. The standard InChI is InChI=1S/C15H13BrN4/c1-20-10-11(13-4-2-3-5-14(13)20)8-18-19-15-7-6-12(16)9-17-15/h2-10H,1H3,(H,17,19)/b18-8+. The SMILES string of the molecule is Cn1cc(/C=N/Nc2ccc(Br)cn2)c2ccccc21. The van der Waals surface area contributed by atoms with Crippen molar-refractivity contribution in [2.45, 2.75) is 0 Å². The first-order valence-corrected chi connectivity index (χ1v) is 6.98. The summed E-state index contributed by atoms with van der Waals surface area (Å²) < 4.78 is 3.04. The van der Waals surface area contributed by atoms with Crippen LogP contribution in [-0.4, -0.2) is 15.8 Å². The van der Waals surface area contributed by atoms with Crippen molar-refractivity contribution in [2.24, 2.45) is 12.1 Å². The second-order valence-corrected chi connectivity index (χ2v) is 5.36. The minimum Gasteiger partial charge on any atom is -0.350 e. The van der Waals surface area contributed by atoms with Gasteiger partial charge in [0.2, 0.25) is 0 Å². The van der Waals surface area contributed by atoms with Crippen molar-refractivity contribution in [3.63, 3.8) is 0 Å². The Kier molecular flexibility index (Phi) is 3.52. The largest absolute Gasteiger partial charge is 0.350 e. The fraction of sp³-hybridized carbons (Fsp3) is 0.0667. The van der Waals surface area contributed by atoms with Crippen LogP contribution in [0.25, 0.3) is 10.9 Å². The monoisotopic (exact) mass is 328 g/mol. The minimum absolute atomic E-state index is 0.713.